The molecule has 2 N–H and O–H groups in total. The minimum atomic E-state index is -0.167. The van der Waals surface area contributed by atoms with E-state index in [9.17, 15) is 5.11 Å². The van der Waals surface area contributed by atoms with Crippen molar-refractivity contribution in [3.8, 4) is 0 Å². The minimum Gasteiger partial charge on any atom is -0.394 e. The average molecular weight is 216 g/mol. The van der Waals surface area contributed by atoms with Gasteiger partial charge in [0.2, 0.25) is 0 Å². The molecule has 15 heavy (non-hydrogen) atoms. The summed E-state index contributed by atoms with van der Waals surface area (Å²) < 4.78 is 5.65. The quantitative estimate of drug-likeness (QED) is 0.682. The van der Waals surface area contributed by atoms with Gasteiger partial charge in [0.25, 0.3) is 0 Å². The lowest BCUT2D eigenvalue weighted by molar-refractivity contribution is -0.0231. The van der Waals surface area contributed by atoms with Crippen LogP contribution < -0.4 is 5.32 Å². The van der Waals surface area contributed by atoms with E-state index >= 15 is 0 Å². The van der Waals surface area contributed by atoms with E-state index < -0.39 is 0 Å². The Kier molecular flexibility index (Phi) is 4.99. The molecule has 0 aliphatic carbocycles. The average Bonchev–Trinajstić information content (AvgIpc) is 2.26. The van der Waals surface area contributed by atoms with Gasteiger partial charge in [0.05, 0.1) is 19.3 Å². The fourth-order valence-corrected chi connectivity index (χ4v) is 1.64. The van der Waals surface area contributed by atoms with E-state index in [0.29, 0.717) is 0 Å². The SMILES string of the molecule is CCC(C)(CO)NCC1CN(C)CCO1. The van der Waals surface area contributed by atoms with Gasteiger partial charge < -0.3 is 20.1 Å². The lowest BCUT2D eigenvalue weighted by Gasteiger charge is -2.34. The Balaban J connectivity index is 2.29. The van der Waals surface area contributed by atoms with Gasteiger partial charge in [-0.15, -0.1) is 0 Å². The van der Waals surface area contributed by atoms with Crippen LogP contribution in [0.3, 0.4) is 0 Å². The maximum Gasteiger partial charge on any atom is 0.0826 e. The summed E-state index contributed by atoms with van der Waals surface area (Å²) in [6.45, 7) is 7.91. The third-order valence-electron chi connectivity index (χ3n) is 3.23. The molecule has 1 fully saturated rings. The maximum absolute atomic E-state index is 9.25. The second kappa shape index (κ2) is 5.80. The highest BCUT2D eigenvalue weighted by Crippen LogP contribution is 2.09. The van der Waals surface area contributed by atoms with Crippen molar-refractivity contribution >= 4 is 0 Å². The van der Waals surface area contributed by atoms with Crippen molar-refractivity contribution in [2.24, 2.45) is 0 Å². The molecule has 1 aliphatic rings. The van der Waals surface area contributed by atoms with Gasteiger partial charge in [-0.1, -0.05) is 6.92 Å². The molecule has 0 saturated carbocycles. The van der Waals surface area contributed by atoms with Gasteiger partial charge in [0, 0.05) is 25.2 Å². The van der Waals surface area contributed by atoms with E-state index in [-0.39, 0.29) is 18.2 Å². The molecule has 4 heteroatoms. The Morgan fingerprint density at radius 3 is 2.87 bits per heavy atom. The van der Waals surface area contributed by atoms with Gasteiger partial charge in [-0.2, -0.15) is 0 Å². The zero-order valence-electron chi connectivity index (χ0n) is 10.1. The summed E-state index contributed by atoms with van der Waals surface area (Å²) in [5.41, 5.74) is -0.167. The number of morpholine rings is 1. The van der Waals surface area contributed by atoms with Crippen molar-refractivity contribution in [3.63, 3.8) is 0 Å². The van der Waals surface area contributed by atoms with Crippen LogP contribution in [-0.4, -0.2) is 61.5 Å². The van der Waals surface area contributed by atoms with Crippen LogP contribution in [0.1, 0.15) is 20.3 Å². The van der Waals surface area contributed by atoms with Gasteiger partial charge in [-0.25, -0.2) is 0 Å². The number of likely N-dealkylation sites (N-methyl/N-ethyl adjacent to an activating group) is 1. The largest absolute Gasteiger partial charge is 0.394 e. The van der Waals surface area contributed by atoms with Crippen LogP contribution in [0.4, 0.5) is 0 Å². The molecule has 2 unspecified atom stereocenters. The first-order chi connectivity index (χ1) is 7.09. The predicted octanol–water partition coefficient (Wildman–Crippen LogP) is 0.0676. The number of aliphatic hydroxyl groups excluding tert-OH is 1. The predicted molar refractivity (Wildman–Crippen MR) is 61.0 cm³/mol. The minimum absolute atomic E-state index is 0.167. The molecule has 0 aromatic rings. The summed E-state index contributed by atoms with van der Waals surface area (Å²) in [7, 11) is 2.11. The van der Waals surface area contributed by atoms with Crippen LogP contribution >= 0.6 is 0 Å². The lowest BCUT2D eigenvalue weighted by atomic mass is 10.00. The second-order valence-electron chi connectivity index (χ2n) is 4.71. The zero-order valence-corrected chi connectivity index (χ0v) is 10.1. The third-order valence-corrected chi connectivity index (χ3v) is 3.23. The highest BCUT2D eigenvalue weighted by molar-refractivity contribution is 4.83. The molecule has 0 radical (unpaired) electrons. The Morgan fingerprint density at radius 1 is 1.60 bits per heavy atom. The molecular formula is C11H24N2O2. The van der Waals surface area contributed by atoms with Crippen LogP contribution in [0.2, 0.25) is 0 Å². The number of rotatable bonds is 5. The van der Waals surface area contributed by atoms with Crippen molar-refractivity contribution in [3.05, 3.63) is 0 Å². The fourth-order valence-electron chi connectivity index (χ4n) is 1.64. The molecule has 0 aromatic heterocycles. The first-order valence-corrected chi connectivity index (χ1v) is 5.75. The van der Waals surface area contributed by atoms with Gasteiger partial charge in [-0.05, 0) is 20.4 Å². The fraction of sp³-hybridized carbons (Fsp3) is 1.00. The van der Waals surface area contributed by atoms with Crippen LogP contribution in [0, 0.1) is 0 Å². The summed E-state index contributed by atoms with van der Waals surface area (Å²) in [5, 5.41) is 12.6. The van der Waals surface area contributed by atoms with E-state index in [0.717, 1.165) is 32.7 Å². The summed E-state index contributed by atoms with van der Waals surface area (Å²) in [5.74, 6) is 0. The third kappa shape index (κ3) is 4.07. The first kappa shape index (κ1) is 12.9. The molecule has 0 bridgehead atoms. The highest BCUT2D eigenvalue weighted by atomic mass is 16.5. The molecular weight excluding hydrogens is 192 g/mol. The number of aliphatic hydroxyl groups is 1. The standard InChI is InChI=1S/C11H24N2O2/c1-4-11(2,9-14)12-7-10-8-13(3)5-6-15-10/h10,12,14H,4-9H2,1-3H3. The molecule has 0 amide bonds. The number of nitrogens with one attached hydrogen (secondary N) is 1. The number of nitrogens with zero attached hydrogens (tertiary/aromatic N) is 1. The van der Waals surface area contributed by atoms with E-state index in [1.54, 1.807) is 0 Å². The van der Waals surface area contributed by atoms with E-state index in [1.165, 1.54) is 0 Å². The van der Waals surface area contributed by atoms with Crippen LogP contribution in [0.15, 0.2) is 0 Å². The first-order valence-electron chi connectivity index (χ1n) is 5.75. The molecule has 90 valence electrons. The van der Waals surface area contributed by atoms with Gasteiger partial charge >= 0.3 is 0 Å². The smallest absolute Gasteiger partial charge is 0.0826 e. The maximum atomic E-state index is 9.25. The van der Waals surface area contributed by atoms with Crippen molar-refractivity contribution in [2.45, 2.75) is 31.9 Å². The second-order valence-corrected chi connectivity index (χ2v) is 4.71. The molecule has 2 atom stereocenters. The number of hydrogen-bond donors (Lipinski definition) is 2. The van der Waals surface area contributed by atoms with Gasteiger partial charge in [0.15, 0.2) is 0 Å². The van der Waals surface area contributed by atoms with E-state index in [4.69, 9.17) is 4.74 Å². The summed E-state index contributed by atoms with van der Waals surface area (Å²) >= 11 is 0. The Labute approximate surface area is 92.6 Å². The number of ether oxygens (including phenoxy) is 1. The molecule has 0 aromatic carbocycles. The summed E-state index contributed by atoms with van der Waals surface area (Å²) in [6, 6.07) is 0. The topological polar surface area (TPSA) is 44.7 Å². The van der Waals surface area contributed by atoms with Crippen LogP contribution in [0.5, 0.6) is 0 Å². The molecule has 0 spiro atoms. The molecule has 1 rings (SSSR count). The van der Waals surface area contributed by atoms with Crippen molar-refractivity contribution in [1.82, 2.24) is 10.2 Å². The molecule has 4 nitrogen and oxygen atoms in total. The van der Waals surface area contributed by atoms with Crippen molar-refractivity contribution in [1.29, 1.82) is 0 Å². The highest BCUT2D eigenvalue weighted by Gasteiger charge is 2.24. The molecule has 1 heterocycles. The Morgan fingerprint density at radius 2 is 2.33 bits per heavy atom. The van der Waals surface area contributed by atoms with Gasteiger partial charge in [-0.3, -0.25) is 0 Å². The Hall–Kier alpha value is -0.160. The summed E-state index contributed by atoms with van der Waals surface area (Å²) in [6.07, 6.45) is 1.17. The Bertz CT molecular complexity index is 183. The number of hydrogen-bond acceptors (Lipinski definition) is 4. The lowest BCUT2D eigenvalue weighted by Crippen LogP contribution is -2.52. The van der Waals surface area contributed by atoms with Crippen LogP contribution in [0.25, 0.3) is 0 Å². The monoisotopic (exact) mass is 216 g/mol. The van der Waals surface area contributed by atoms with Crippen molar-refractivity contribution < 1.29 is 9.84 Å². The molecule has 1 saturated heterocycles. The van der Waals surface area contributed by atoms with Crippen molar-refractivity contribution in [2.75, 3.05) is 39.9 Å². The van der Waals surface area contributed by atoms with E-state index in [1.807, 2.05) is 6.92 Å². The van der Waals surface area contributed by atoms with E-state index in [2.05, 4.69) is 24.2 Å². The molecule has 1 aliphatic heterocycles. The van der Waals surface area contributed by atoms with Crippen LogP contribution in [-0.2, 0) is 4.74 Å². The normalized spacial score (nSPS) is 27.6. The summed E-state index contributed by atoms with van der Waals surface area (Å²) in [4.78, 5) is 2.28. The zero-order chi connectivity index (χ0) is 11.3. The van der Waals surface area contributed by atoms with Gasteiger partial charge in [0.1, 0.15) is 0 Å².